The fourth-order valence-electron chi connectivity index (χ4n) is 2.80. The molecule has 2 N–H and O–H groups in total. The molecule has 1 atom stereocenters. The highest BCUT2D eigenvalue weighted by atomic mass is 32.2. The van der Waals surface area contributed by atoms with Crippen LogP contribution in [0.5, 0.6) is 0 Å². The van der Waals surface area contributed by atoms with Crippen LogP contribution in [-0.2, 0) is 0 Å². The van der Waals surface area contributed by atoms with Crippen molar-refractivity contribution in [2.45, 2.75) is 57.2 Å². The molecule has 0 radical (unpaired) electrons. The summed E-state index contributed by atoms with van der Waals surface area (Å²) in [6.45, 7) is 4.31. The molecule has 0 saturated heterocycles. The number of aryl methyl sites for hydroxylation is 2. The molecule has 0 bridgehead atoms. The van der Waals surface area contributed by atoms with Crippen molar-refractivity contribution in [1.82, 2.24) is 0 Å². The van der Waals surface area contributed by atoms with E-state index in [2.05, 4.69) is 43.8 Å². The second kappa shape index (κ2) is 6.63. The zero-order valence-corrected chi connectivity index (χ0v) is 12.4. The van der Waals surface area contributed by atoms with Crippen LogP contribution in [0.1, 0.15) is 54.8 Å². The van der Waals surface area contributed by atoms with Crippen molar-refractivity contribution in [3.8, 4) is 0 Å². The maximum Gasteiger partial charge on any atom is 0.0389 e. The van der Waals surface area contributed by atoms with Crippen molar-refractivity contribution in [1.29, 1.82) is 0 Å². The molecular weight excluding hydrogens is 238 g/mol. The Morgan fingerprint density at radius 1 is 1.22 bits per heavy atom. The van der Waals surface area contributed by atoms with Crippen LogP contribution in [0.4, 0.5) is 0 Å². The van der Waals surface area contributed by atoms with Crippen LogP contribution in [0.25, 0.3) is 0 Å². The van der Waals surface area contributed by atoms with Gasteiger partial charge in [0.1, 0.15) is 0 Å². The predicted octanol–water partition coefficient (Wildman–Crippen LogP) is 4.37. The molecule has 0 aromatic heterocycles. The number of hydrogen-bond donors (Lipinski definition) is 1. The fourth-order valence-corrected chi connectivity index (χ4v) is 4.13. The summed E-state index contributed by atoms with van der Waals surface area (Å²) in [6.07, 6.45) is 7.04. The number of hydrogen-bond acceptors (Lipinski definition) is 2. The molecule has 18 heavy (non-hydrogen) atoms. The molecular formula is C16H25NS. The van der Waals surface area contributed by atoms with Crippen molar-refractivity contribution in [2.75, 3.05) is 5.75 Å². The quantitative estimate of drug-likeness (QED) is 0.873. The standard InChI is InChI=1S/C16H25NS/c1-12-8-9-15(13(2)10-12)16(17)11-18-14-6-4-3-5-7-14/h8-10,14,16H,3-7,11,17H2,1-2H3. The molecule has 0 heterocycles. The third-order valence-corrected chi connectivity index (χ3v) is 5.38. The summed E-state index contributed by atoms with van der Waals surface area (Å²) in [4.78, 5) is 0. The normalized spacial score (nSPS) is 18.8. The Labute approximate surface area is 116 Å². The Morgan fingerprint density at radius 2 is 1.94 bits per heavy atom. The molecule has 1 aromatic carbocycles. The van der Waals surface area contributed by atoms with E-state index >= 15 is 0 Å². The van der Waals surface area contributed by atoms with Crippen LogP contribution in [0.15, 0.2) is 18.2 Å². The van der Waals surface area contributed by atoms with Crippen molar-refractivity contribution in [3.63, 3.8) is 0 Å². The molecule has 1 saturated carbocycles. The lowest BCUT2D eigenvalue weighted by molar-refractivity contribution is 0.515. The Bertz CT molecular complexity index is 383. The molecule has 1 nitrogen and oxygen atoms in total. The smallest absolute Gasteiger partial charge is 0.0389 e. The van der Waals surface area contributed by atoms with Gasteiger partial charge in [0.2, 0.25) is 0 Å². The van der Waals surface area contributed by atoms with E-state index in [0.29, 0.717) is 0 Å². The van der Waals surface area contributed by atoms with E-state index in [1.807, 2.05) is 0 Å². The van der Waals surface area contributed by atoms with E-state index in [4.69, 9.17) is 5.73 Å². The molecule has 1 unspecified atom stereocenters. The van der Waals surface area contributed by atoms with Crippen molar-refractivity contribution in [2.24, 2.45) is 5.73 Å². The van der Waals surface area contributed by atoms with E-state index in [1.165, 1.54) is 48.8 Å². The third-order valence-electron chi connectivity index (χ3n) is 3.89. The predicted molar refractivity (Wildman–Crippen MR) is 82.2 cm³/mol. The van der Waals surface area contributed by atoms with Crippen molar-refractivity contribution in [3.05, 3.63) is 34.9 Å². The summed E-state index contributed by atoms with van der Waals surface area (Å²) in [6, 6.07) is 6.81. The first-order valence-electron chi connectivity index (χ1n) is 7.11. The molecule has 0 aliphatic heterocycles. The van der Waals surface area contributed by atoms with Gasteiger partial charge in [0.15, 0.2) is 0 Å². The Kier molecular flexibility index (Phi) is 5.13. The SMILES string of the molecule is Cc1ccc(C(N)CSC2CCCCC2)c(C)c1. The molecule has 1 fully saturated rings. The van der Waals surface area contributed by atoms with Crippen LogP contribution >= 0.6 is 11.8 Å². The maximum atomic E-state index is 6.34. The number of rotatable bonds is 4. The summed E-state index contributed by atoms with van der Waals surface area (Å²) in [5.74, 6) is 1.06. The molecule has 100 valence electrons. The fraction of sp³-hybridized carbons (Fsp3) is 0.625. The zero-order valence-electron chi connectivity index (χ0n) is 11.6. The highest BCUT2D eigenvalue weighted by Gasteiger charge is 2.16. The molecule has 2 heteroatoms. The van der Waals surface area contributed by atoms with Crippen LogP contribution in [0.2, 0.25) is 0 Å². The minimum absolute atomic E-state index is 0.192. The first kappa shape index (κ1) is 14.0. The summed E-state index contributed by atoms with van der Waals surface area (Å²) in [5.41, 5.74) is 10.3. The Morgan fingerprint density at radius 3 is 2.61 bits per heavy atom. The lowest BCUT2D eigenvalue weighted by Gasteiger charge is -2.23. The average molecular weight is 263 g/mol. The second-order valence-corrected chi connectivity index (χ2v) is 6.89. The van der Waals surface area contributed by atoms with E-state index in [-0.39, 0.29) is 6.04 Å². The minimum Gasteiger partial charge on any atom is -0.323 e. The van der Waals surface area contributed by atoms with Gasteiger partial charge in [-0.1, -0.05) is 43.0 Å². The first-order valence-corrected chi connectivity index (χ1v) is 8.16. The zero-order chi connectivity index (χ0) is 13.0. The minimum atomic E-state index is 0.192. The average Bonchev–Trinajstić information content (AvgIpc) is 2.37. The Balaban J connectivity index is 1.88. The lowest BCUT2D eigenvalue weighted by Crippen LogP contribution is -2.18. The molecule has 2 rings (SSSR count). The first-order chi connectivity index (χ1) is 8.66. The van der Waals surface area contributed by atoms with Gasteiger partial charge in [-0.2, -0.15) is 11.8 Å². The highest BCUT2D eigenvalue weighted by Crippen LogP contribution is 2.31. The van der Waals surface area contributed by atoms with Crippen molar-refractivity contribution < 1.29 is 0 Å². The molecule has 1 aliphatic rings. The van der Waals surface area contributed by atoms with E-state index in [9.17, 15) is 0 Å². The topological polar surface area (TPSA) is 26.0 Å². The second-order valence-electron chi connectivity index (χ2n) is 5.56. The van der Waals surface area contributed by atoms with Crippen LogP contribution in [0.3, 0.4) is 0 Å². The van der Waals surface area contributed by atoms with Gasteiger partial charge in [-0.05, 0) is 37.8 Å². The van der Waals surface area contributed by atoms with Gasteiger partial charge >= 0.3 is 0 Å². The summed E-state index contributed by atoms with van der Waals surface area (Å²) in [7, 11) is 0. The van der Waals surface area contributed by atoms with Gasteiger partial charge in [0, 0.05) is 17.0 Å². The molecule has 1 aromatic rings. The van der Waals surface area contributed by atoms with E-state index in [1.54, 1.807) is 0 Å². The highest BCUT2D eigenvalue weighted by molar-refractivity contribution is 7.99. The van der Waals surface area contributed by atoms with Crippen molar-refractivity contribution >= 4 is 11.8 Å². The lowest BCUT2D eigenvalue weighted by atomic mass is 10.0. The number of benzene rings is 1. The monoisotopic (exact) mass is 263 g/mol. The van der Waals surface area contributed by atoms with E-state index in [0.717, 1.165) is 11.0 Å². The summed E-state index contributed by atoms with van der Waals surface area (Å²) >= 11 is 2.09. The molecule has 0 spiro atoms. The van der Waals surface area contributed by atoms with E-state index < -0.39 is 0 Å². The van der Waals surface area contributed by atoms with Crippen LogP contribution in [0, 0.1) is 13.8 Å². The summed E-state index contributed by atoms with van der Waals surface area (Å²) in [5, 5.41) is 0.857. The van der Waals surface area contributed by atoms with Crippen LogP contribution < -0.4 is 5.73 Å². The van der Waals surface area contributed by atoms with Crippen LogP contribution in [-0.4, -0.2) is 11.0 Å². The Hall–Kier alpha value is -0.470. The number of thioether (sulfide) groups is 1. The summed E-state index contributed by atoms with van der Waals surface area (Å²) < 4.78 is 0. The van der Waals surface area contributed by atoms with Gasteiger partial charge in [-0.15, -0.1) is 0 Å². The van der Waals surface area contributed by atoms with Gasteiger partial charge in [0.25, 0.3) is 0 Å². The van der Waals surface area contributed by atoms with Gasteiger partial charge in [0.05, 0.1) is 0 Å². The molecule has 1 aliphatic carbocycles. The maximum absolute atomic E-state index is 6.34. The van der Waals surface area contributed by atoms with Gasteiger partial charge < -0.3 is 5.73 Å². The number of nitrogens with two attached hydrogens (primary N) is 1. The van der Waals surface area contributed by atoms with Gasteiger partial charge in [-0.25, -0.2) is 0 Å². The van der Waals surface area contributed by atoms with Gasteiger partial charge in [-0.3, -0.25) is 0 Å². The third kappa shape index (κ3) is 3.76. The molecule has 0 amide bonds. The largest absolute Gasteiger partial charge is 0.323 e.